The third kappa shape index (κ3) is 4.47. The Morgan fingerprint density at radius 3 is 2.40 bits per heavy atom. The van der Waals surface area contributed by atoms with Crippen LogP contribution in [0.5, 0.6) is 11.5 Å². The predicted octanol–water partition coefficient (Wildman–Crippen LogP) is 3.04. The van der Waals surface area contributed by atoms with E-state index < -0.39 is 11.9 Å². The summed E-state index contributed by atoms with van der Waals surface area (Å²) < 4.78 is 11.0. The van der Waals surface area contributed by atoms with E-state index in [0.717, 1.165) is 61.5 Å². The summed E-state index contributed by atoms with van der Waals surface area (Å²) in [4.78, 5) is 34.3. The number of esters is 2. The number of aliphatic hydroxyl groups excluding tert-OH is 1. The number of nitrogens with zero attached hydrogens (tertiary/aromatic N) is 3. The number of rotatable bonds is 6. The highest BCUT2D eigenvalue weighted by Crippen LogP contribution is 2.45. The van der Waals surface area contributed by atoms with E-state index in [2.05, 4.69) is 16.7 Å². The van der Waals surface area contributed by atoms with Gasteiger partial charge in [-0.15, -0.1) is 0 Å². The van der Waals surface area contributed by atoms with E-state index in [1.807, 2.05) is 37.3 Å². The predicted molar refractivity (Wildman–Crippen MR) is 133 cm³/mol. The molecule has 1 atom stereocenters. The lowest BCUT2D eigenvalue weighted by Gasteiger charge is -2.35. The van der Waals surface area contributed by atoms with E-state index in [-0.39, 0.29) is 18.3 Å². The van der Waals surface area contributed by atoms with Gasteiger partial charge in [0.2, 0.25) is 0 Å². The first-order chi connectivity index (χ1) is 17.0. The molecule has 1 fully saturated rings. The maximum absolute atomic E-state index is 12.4. The van der Waals surface area contributed by atoms with Crippen molar-refractivity contribution in [3.63, 3.8) is 0 Å². The molecule has 0 bridgehead atoms. The molecule has 35 heavy (non-hydrogen) atoms. The molecule has 0 spiro atoms. The monoisotopic (exact) mass is 475 g/mol. The highest BCUT2D eigenvalue weighted by Gasteiger charge is 2.32. The summed E-state index contributed by atoms with van der Waals surface area (Å²) in [6, 6.07) is 13.3. The number of pyridine rings is 1. The first kappa shape index (κ1) is 23.3. The summed E-state index contributed by atoms with van der Waals surface area (Å²) in [7, 11) is 0. The van der Waals surface area contributed by atoms with Gasteiger partial charge < -0.3 is 24.4 Å². The number of hydrogen-bond donors (Lipinski definition) is 1. The van der Waals surface area contributed by atoms with Gasteiger partial charge in [0.15, 0.2) is 5.75 Å². The number of ether oxygens (including phenoxy) is 2. The lowest BCUT2D eigenvalue weighted by molar-refractivity contribution is -0.155. The zero-order chi connectivity index (χ0) is 24.5. The zero-order valence-corrected chi connectivity index (χ0v) is 20.0. The summed E-state index contributed by atoms with van der Waals surface area (Å²) in [6.07, 6.45) is 0.753. The van der Waals surface area contributed by atoms with Crippen molar-refractivity contribution in [1.82, 2.24) is 9.88 Å². The van der Waals surface area contributed by atoms with Crippen LogP contribution in [0.2, 0.25) is 0 Å². The lowest BCUT2D eigenvalue weighted by atomic mass is 9.98. The van der Waals surface area contributed by atoms with Gasteiger partial charge in [0.1, 0.15) is 17.3 Å². The fourth-order valence-corrected chi connectivity index (χ4v) is 4.73. The largest absolute Gasteiger partial charge is 0.423 e. The van der Waals surface area contributed by atoms with Gasteiger partial charge in [-0.3, -0.25) is 0 Å². The van der Waals surface area contributed by atoms with Crippen LogP contribution >= 0.6 is 0 Å². The van der Waals surface area contributed by atoms with Crippen LogP contribution in [-0.4, -0.2) is 66.3 Å². The number of aliphatic hydroxyl groups is 1. The summed E-state index contributed by atoms with van der Waals surface area (Å²) in [5, 5.41) is 10.7. The van der Waals surface area contributed by atoms with Gasteiger partial charge >= 0.3 is 11.9 Å². The number of hydrogen-bond acceptors (Lipinski definition) is 8. The normalized spacial score (nSPS) is 17.2. The molecule has 5 rings (SSSR count). The van der Waals surface area contributed by atoms with Crippen molar-refractivity contribution in [2.45, 2.75) is 20.3 Å². The van der Waals surface area contributed by atoms with Crippen LogP contribution in [0.1, 0.15) is 19.4 Å². The molecule has 2 aliphatic rings. The zero-order valence-electron chi connectivity index (χ0n) is 20.0. The van der Waals surface area contributed by atoms with Crippen LogP contribution in [0.15, 0.2) is 42.5 Å². The molecule has 3 aromatic rings. The van der Waals surface area contributed by atoms with Gasteiger partial charge in [-0.1, -0.05) is 50.2 Å². The standard InChI is InChI=1S/C27H29N3O5/c1-3-29-11-13-30(14-12-29)25-20-5-4-6-21-22(20)24(35-27(33)26(32)34-21)23(28-25)19-9-7-18(8-10-19)15-17(2)16-31/h4-10,17,31H,3,11-16H2,1-2H3. The quantitative estimate of drug-likeness (QED) is 0.331. The second kappa shape index (κ2) is 9.64. The molecule has 1 unspecified atom stereocenters. The van der Waals surface area contributed by atoms with Crippen LogP contribution < -0.4 is 14.4 Å². The molecule has 8 heteroatoms. The van der Waals surface area contributed by atoms with E-state index in [4.69, 9.17) is 14.5 Å². The summed E-state index contributed by atoms with van der Waals surface area (Å²) in [5.74, 6) is -0.653. The van der Waals surface area contributed by atoms with Crippen molar-refractivity contribution < 1.29 is 24.2 Å². The number of aromatic nitrogens is 1. The van der Waals surface area contributed by atoms with E-state index in [9.17, 15) is 14.7 Å². The van der Waals surface area contributed by atoms with Crippen LogP contribution in [0.3, 0.4) is 0 Å². The second-order valence-corrected chi connectivity index (χ2v) is 9.18. The molecular weight excluding hydrogens is 446 g/mol. The van der Waals surface area contributed by atoms with Crippen molar-refractivity contribution >= 4 is 28.5 Å². The molecule has 1 saturated heterocycles. The van der Waals surface area contributed by atoms with Gasteiger partial charge in [0, 0.05) is 43.7 Å². The van der Waals surface area contributed by atoms with Gasteiger partial charge in [-0.25, -0.2) is 14.6 Å². The summed E-state index contributed by atoms with van der Waals surface area (Å²) in [6.45, 7) is 8.77. The Labute approximate surface area is 204 Å². The van der Waals surface area contributed by atoms with Crippen molar-refractivity contribution in [2.24, 2.45) is 5.92 Å². The van der Waals surface area contributed by atoms with Crippen LogP contribution in [0.25, 0.3) is 22.0 Å². The SMILES string of the molecule is CCN1CCN(c2nc(-c3ccc(CC(C)CO)cc3)c3c4c(cccc24)OC(=O)C(=O)O3)CC1. The minimum atomic E-state index is -1.07. The molecule has 0 radical (unpaired) electrons. The average molecular weight is 476 g/mol. The maximum Gasteiger partial charge on any atom is 0.423 e. The van der Waals surface area contributed by atoms with Crippen LogP contribution in [0, 0.1) is 5.92 Å². The van der Waals surface area contributed by atoms with Crippen molar-refractivity contribution in [3.05, 3.63) is 48.0 Å². The maximum atomic E-state index is 12.4. The minimum Gasteiger partial charge on any atom is -0.417 e. The number of anilines is 1. The Morgan fingerprint density at radius 2 is 1.71 bits per heavy atom. The van der Waals surface area contributed by atoms with Gasteiger partial charge in [0.05, 0.1) is 5.39 Å². The average Bonchev–Trinajstić information content (AvgIpc) is 3.01. The Balaban J connectivity index is 1.66. The molecule has 3 heterocycles. The fourth-order valence-electron chi connectivity index (χ4n) is 4.73. The van der Waals surface area contributed by atoms with Gasteiger partial charge in [-0.05, 0) is 30.5 Å². The second-order valence-electron chi connectivity index (χ2n) is 9.18. The molecular formula is C27H29N3O5. The Kier molecular flexibility index (Phi) is 6.40. The van der Waals surface area contributed by atoms with E-state index in [0.29, 0.717) is 16.8 Å². The van der Waals surface area contributed by atoms with E-state index in [1.165, 1.54) is 0 Å². The third-order valence-electron chi connectivity index (χ3n) is 6.73. The molecule has 8 nitrogen and oxygen atoms in total. The summed E-state index contributed by atoms with van der Waals surface area (Å²) >= 11 is 0. The Morgan fingerprint density at radius 1 is 1.00 bits per heavy atom. The molecule has 0 amide bonds. The topological polar surface area (TPSA) is 92.2 Å². The minimum absolute atomic E-state index is 0.125. The lowest BCUT2D eigenvalue weighted by Crippen LogP contribution is -2.46. The van der Waals surface area contributed by atoms with Gasteiger partial charge in [-0.2, -0.15) is 0 Å². The molecule has 2 aliphatic heterocycles. The summed E-state index contributed by atoms with van der Waals surface area (Å²) in [5.41, 5.74) is 2.35. The van der Waals surface area contributed by atoms with E-state index in [1.54, 1.807) is 12.1 Å². The molecule has 182 valence electrons. The molecule has 0 aliphatic carbocycles. The number of likely N-dealkylation sites (N-methyl/N-ethyl adjacent to an activating group) is 1. The number of carbonyl (C=O) groups excluding carboxylic acids is 2. The van der Waals surface area contributed by atoms with Crippen molar-refractivity contribution in [1.29, 1.82) is 0 Å². The van der Waals surface area contributed by atoms with Crippen LogP contribution in [-0.2, 0) is 16.0 Å². The fraction of sp³-hybridized carbons (Fsp3) is 0.370. The molecule has 0 saturated carbocycles. The Bertz CT molecular complexity index is 1270. The molecule has 1 N–H and O–H groups in total. The van der Waals surface area contributed by atoms with E-state index >= 15 is 0 Å². The van der Waals surface area contributed by atoms with Crippen LogP contribution in [0.4, 0.5) is 5.82 Å². The number of carbonyl (C=O) groups is 2. The molecule has 1 aromatic heterocycles. The highest BCUT2D eigenvalue weighted by atomic mass is 16.6. The van der Waals surface area contributed by atoms with Crippen molar-refractivity contribution in [2.75, 3.05) is 44.2 Å². The van der Waals surface area contributed by atoms with Crippen molar-refractivity contribution in [3.8, 4) is 22.8 Å². The number of piperazine rings is 1. The number of benzene rings is 2. The first-order valence-corrected chi connectivity index (χ1v) is 12.1. The highest BCUT2D eigenvalue weighted by molar-refractivity contribution is 6.32. The smallest absolute Gasteiger partial charge is 0.417 e. The van der Waals surface area contributed by atoms with Gasteiger partial charge in [0.25, 0.3) is 0 Å². The third-order valence-corrected chi connectivity index (χ3v) is 6.73. The molecule has 2 aromatic carbocycles. The first-order valence-electron chi connectivity index (χ1n) is 12.1. The Hall–Kier alpha value is -3.49.